The van der Waals surface area contributed by atoms with Crippen LogP contribution in [0.15, 0.2) is 53.4 Å². The first kappa shape index (κ1) is 21.1. The Bertz CT molecular complexity index is 941. The SMILES string of the molecule is COc1ccc(S(=O)(=O)N(CC(=O)N2CCN(C)CC2)c2ccc(F)cc2)cc1. The third kappa shape index (κ3) is 4.86. The molecule has 0 N–H and O–H groups in total. The molecule has 1 heterocycles. The van der Waals surface area contributed by atoms with E-state index in [9.17, 15) is 17.6 Å². The molecule has 156 valence electrons. The number of halogens is 1. The highest BCUT2D eigenvalue weighted by Crippen LogP contribution is 2.25. The molecule has 1 aliphatic rings. The molecule has 2 aromatic rings. The number of nitrogens with zero attached hydrogens (tertiary/aromatic N) is 3. The lowest BCUT2D eigenvalue weighted by Gasteiger charge is -2.34. The van der Waals surface area contributed by atoms with Gasteiger partial charge >= 0.3 is 0 Å². The fraction of sp³-hybridized carbons (Fsp3) is 0.350. The van der Waals surface area contributed by atoms with Crippen molar-refractivity contribution in [1.82, 2.24) is 9.80 Å². The minimum Gasteiger partial charge on any atom is -0.497 e. The average Bonchev–Trinajstić information content (AvgIpc) is 2.73. The number of piperazine rings is 1. The van der Waals surface area contributed by atoms with E-state index in [4.69, 9.17) is 4.74 Å². The molecule has 0 bridgehead atoms. The van der Waals surface area contributed by atoms with Gasteiger partial charge in [-0.1, -0.05) is 0 Å². The molecular weight excluding hydrogens is 397 g/mol. The van der Waals surface area contributed by atoms with Gasteiger partial charge in [0.15, 0.2) is 0 Å². The fourth-order valence-corrected chi connectivity index (χ4v) is 4.49. The van der Waals surface area contributed by atoms with Gasteiger partial charge in [0.25, 0.3) is 10.0 Å². The first-order valence-electron chi connectivity index (χ1n) is 9.20. The third-order valence-electron chi connectivity index (χ3n) is 4.90. The van der Waals surface area contributed by atoms with Crippen LogP contribution in [-0.4, -0.2) is 71.0 Å². The van der Waals surface area contributed by atoms with Gasteiger partial charge in [-0.15, -0.1) is 0 Å². The first-order chi connectivity index (χ1) is 13.8. The third-order valence-corrected chi connectivity index (χ3v) is 6.68. The topological polar surface area (TPSA) is 70.2 Å². The number of hydrogen-bond donors (Lipinski definition) is 0. The first-order valence-corrected chi connectivity index (χ1v) is 10.6. The Balaban J connectivity index is 1.91. The number of sulfonamides is 1. The molecule has 1 amide bonds. The van der Waals surface area contributed by atoms with Crippen LogP contribution in [0, 0.1) is 5.82 Å². The largest absolute Gasteiger partial charge is 0.497 e. The number of methoxy groups -OCH3 is 1. The number of rotatable bonds is 6. The van der Waals surface area contributed by atoms with Gasteiger partial charge in [0.2, 0.25) is 5.91 Å². The maximum Gasteiger partial charge on any atom is 0.264 e. The van der Waals surface area contributed by atoms with E-state index in [1.807, 2.05) is 7.05 Å². The maximum absolute atomic E-state index is 13.4. The summed E-state index contributed by atoms with van der Waals surface area (Å²) in [5.74, 6) is -0.258. The molecule has 1 aliphatic heterocycles. The Kier molecular flexibility index (Phi) is 6.39. The summed E-state index contributed by atoms with van der Waals surface area (Å²) in [6, 6.07) is 11.0. The number of hydrogen-bond acceptors (Lipinski definition) is 5. The molecule has 2 aromatic carbocycles. The Morgan fingerprint density at radius 1 is 1.03 bits per heavy atom. The predicted molar refractivity (Wildman–Crippen MR) is 108 cm³/mol. The van der Waals surface area contributed by atoms with Crippen molar-refractivity contribution in [3.05, 3.63) is 54.3 Å². The summed E-state index contributed by atoms with van der Waals surface area (Å²) in [5, 5.41) is 0. The number of carbonyl (C=O) groups excluding carboxylic acids is 1. The highest BCUT2D eigenvalue weighted by molar-refractivity contribution is 7.92. The molecule has 0 atom stereocenters. The van der Waals surface area contributed by atoms with Crippen LogP contribution < -0.4 is 9.04 Å². The van der Waals surface area contributed by atoms with Crippen molar-refractivity contribution in [3.8, 4) is 5.75 Å². The Morgan fingerprint density at radius 3 is 2.17 bits per heavy atom. The Morgan fingerprint density at radius 2 is 1.62 bits per heavy atom. The van der Waals surface area contributed by atoms with Gasteiger partial charge in [-0.3, -0.25) is 9.10 Å². The van der Waals surface area contributed by atoms with Crippen molar-refractivity contribution in [2.75, 3.05) is 51.2 Å². The van der Waals surface area contributed by atoms with Gasteiger partial charge in [0, 0.05) is 26.2 Å². The number of amides is 1. The van der Waals surface area contributed by atoms with Crippen molar-refractivity contribution in [2.45, 2.75) is 4.90 Å². The van der Waals surface area contributed by atoms with Crippen LogP contribution in [0.2, 0.25) is 0 Å². The van der Waals surface area contributed by atoms with Crippen LogP contribution in [0.4, 0.5) is 10.1 Å². The van der Waals surface area contributed by atoms with E-state index in [-0.39, 0.29) is 23.0 Å². The molecule has 0 aliphatic carbocycles. The van der Waals surface area contributed by atoms with Crippen molar-refractivity contribution in [2.24, 2.45) is 0 Å². The van der Waals surface area contributed by atoms with Gasteiger partial charge in [-0.2, -0.15) is 0 Å². The Hall–Kier alpha value is -2.65. The molecule has 0 spiro atoms. The zero-order valence-corrected chi connectivity index (χ0v) is 17.2. The zero-order chi connectivity index (χ0) is 21.0. The van der Waals surface area contributed by atoms with Crippen LogP contribution in [0.25, 0.3) is 0 Å². The number of likely N-dealkylation sites (N-methyl/N-ethyl adjacent to an activating group) is 1. The van der Waals surface area contributed by atoms with Crippen molar-refractivity contribution >= 4 is 21.6 Å². The maximum atomic E-state index is 13.4. The molecule has 29 heavy (non-hydrogen) atoms. The zero-order valence-electron chi connectivity index (χ0n) is 16.4. The van der Waals surface area contributed by atoms with Crippen LogP contribution >= 0.6 is 0 Å². The van der Waals surface area contributed by atoms with E-state index >= 15 is 0 Å². The Labute approximate surface area is 170 Å². The molecule has 7 nitrogen and oxygen atoms in total. The number of ether oxygens (including phenoxy) is 1. The summed E-state index contributed by atoms with van der Waals surface area (Å²) in [6.07, 6.45) is 0. The van der Waals surface area contributed by atoms with E-state index in [2.05, 4.69) is 4.90 Å². The van der Waals surface area contributed by atoms with Crippen LogP contribution in [-0.2, 0) is 14.8 Å². The van der Waals surface area contributed by atoms with E-state index in [1.54, 1.807) is 4.90 Å². The number of benzene rings is 2. The lowest BCUT2D eigenvalue weighted by Crippen LogP contribution is -2.50. The molecule has 1 fully saturated rings. The lowest BCUT2D eigenvalue weighted by molar-refractivity contribution is -0.131. The molecule has 0 aromatic heterocycles. The quantitative estimate of drug-likeness (QED) is 0.712. The van der Waals surface area contributed by atoms with Crippen molar-refractivity contribution in [1.29, 1.82) is 0 Å². The van der Waals surface area contributed by atoms with Crippen molar-refractivity contribution in [3.63, 3.8) is 0 Å². The van der Waals surface area contributed by atoms with E-state index in [0.717, 1.165) is 17.4 Å². The summed E-state index contributed by atoms with van der Waals surface area (Å²) in [4.78, 5) is 16.6. The minimum atomic E-state index is -4.04. The second-order valence-electron chi connectivity index (χ2n) is 6.85. The summed E-state index contributed by atoms with van der Waals surface area (Å²) in [6.45, 7) is 2.18. The molecule has 0 radical (unpaired) electrons. The monoisotopic (exact) mass is 421 g/mol. The van der Waals surface area contributed by atoms with Gasteiger partial charge in [-0.05, 0) is 55.6 Å². The van der Waals surface area contributed by atoms with E-state index in [1.165, 1.54) is 55.6 Å². The molecule has 0 unspecified atom stereocenters. The van der Waals surface area contributed by atoms with Gasteiger partial charge in [0.1, 0.15) is 18.1 Å². The van der Waals surface area contributed by atoms with Gasteiger partial charge in [-0.25, -0.2) is 12.8 Å². The highest BCUT2D eigenvalue weighted by atomic mass is 32.2. The normalized spacial score (nSPS) is 15.2. The number of carbonyl (C=O) groups is 1. The molecule has 1 saturated heterocycles. The van der Waals surface area contributed by atoms with Crippen LogP contribution in [0.1, 0.15) is 0 Å². The molecular formula is C20H24FN3O4S. The minimum absolute atomic E-state index is 0.0220. The van der Waals surface area contributed by atoms with Gasteiger partial charge < -0.3 is 14.5 Å². The summed E-state index contributed by atoms with van der Waals surface area (Å²) in [5.41, 5.74) is 0.227. The van der Waals surface area contributed by atoms with E-state index in [0.29, 0.717) is 18.8 Å². The second-order valence-corrected chi connectivity index (χ2v) is 8.71. The molecule has 0 saturated carbocycles. The highest BCUT2D eigenvalue weighted by Gasteiger charge is 2.30. The predicted octanol–water partition coefficient (Wildman–Crippen LogP) is 1.80. The summed E-state index contributed by atoms with van der Waals surface area (Å²) < 4.78 is 46.1. The second kappa shape index (κ2) is 8.79. The van der Waals surface area contributed by atoms with Crippen molar-refractivity contribution < 1.29 is 22.3 Å². The summed E-state index contributed by atoms with van der Waals surface area (Å²) >= 11 is 0. The lowest BCUT2D eigenvalue weighted by atomic mass is 10.3. The standard InChI is InChI=1S/C20H24FN3O4S/c1-22-11-13-23(14-12-22)20(25)15-24(17-5-3-16(21)4-6-17)29(26,27)19-9-7-18(28-2)8-10-19/h3-10H,11-15H2,1-2H3. The van der Waals surface area contributed by atoms with Crippen LogP contribution in [0.3, 0.4) is 0 Å². The van der Waals surface area contributed by atoms with E-state index < -0.39 is 15.8 Å². The average molecular weight is 421 g/mol. The van der Waals surface area contributed by atoms with Crippen LogP contribution in [0.5, 0.6) is 5.75 Å². The summed E-state index contributed by atoms with van der Waals surface area (Å²) in [7, 11) is -0.577. The number of anilines is 1. The van der Waals surface area contributed by atoms with Gasteiger partial charge in [0.05, 0.1) is 17.7 Å². The smallest absolute Gasteiger partial charge is 0.264 e. The molecule has 3 rings (SSSR count). The fourth-order valence-electron chi connectivity index (χ4n) is 3.08. The molecule has 9 heteroatoms.